The number of esters is 1. The summed E-state index contributed by atoms with van der Waals surface area (Å²) in [5, 5.41) is 0.959. The van der Waals surface area contributed by atoms with Crippen LogP contribution in [0.5, 0.6) is 0 Å². The Labute approximate surface area is 244 Å². The largest absolute Gasteiger partial charge is 0.463 e. The minimum absolute atomic E-state index is 0.00858. The van der Waals surface area contributed by atoms with E-state index in [1.165, 1.54) is 12.1 Å². The van der Waals surface area contributed by atoms with Crippen LogP contribution in [-0.4, -0.2) is 25.6 Å². The van der Waals surface area contributed by atoms with Crippen LogP contribution in [0.1, 0.15) is 24.0 Å². The van der Waals surface area contributed by atoms with Gasteiger partial charge in [-0.1, -0.05) is 65.7 Å². The molecule has 0 spiro atoms. The number of hydrogen-bond donors (Lipinski definition) is 1. The van der Waals surface area contributed by atoms with Crippen LogP contribution < -0.4 is 20.5 Å². The summed E-state index contributed by atoms with van der Waals surface area (Å²) >= 11 is 13.2. The van der Waals surface area contributed by atoms with Crippen LogP contribution in [0.2, 0.25) is 10.0 Å². The van der Waals surface area contributed by atoms with Gasteiger partial charge in [-0.2, -0.15) is 0 Å². The SMILES string of the molecule is CCOC(=O)C1=c2s/c(=C\c3ccc(Cl)cc3)c(=O)n2C(N)=C(S(=O)(=O)c2ccccc2)[C@H]1c1ccc(Cl)cc1. The van der Waals surface area contributed by atoms with Crippen molar-refractivity contribution in [1.29, 1.82) is 0 Å². The lowest BCUT2D eigenvalue weighted by Gasteiger charge is -2.28. The third-order valence-corrected chi connectivity index (χ3v) is 9.84. The zero-order chi connectivity index (χ0) is 28.6. The summed E-state index contributed by atoms with van der Waals surface area (Å²) in [5.41, 5.74) is 7.14. The third-order valence-electron chi connectivity index (χ3n) is 6.31. The summed E-state index contributed by atoms with van der Waals surface area (Å²) < 4.78 is 35.2. The van der Waals surface area contributed by atoms with Gasteiger partial charge in [-0.3, -0.25) is 9.36 Å². The number of nitrogens with zero attached hydrogens (tertiary/aromatic N) is 1. The van der Waals surface area contributed by atoms with Crippen molar-refractivity contribution in [3.8, 4) is 0 Å². The Morgan fingerprint density at radius 1 is 1.00 bits per heavy atom. The number of rotatable bonds is 6. The summed E-state index contributed by atoms with van der Waals surface area (Å²) in [5.74, 6) is -2.21. The van der Waals surface area contributed by atoms with Gasteiger partial charge in [0.2, 0.25) is 9.84 Å². The second kappa shape index (κ2) is 11.1. The van der Waals surface area contributed by atoms with Crippen LogP contribution in [0.4, 0.5) is 0 Å². The molecule has 1 aliphatic heterocycles. The standard InChI is InChI=1S/C29H22Cl2N2O5S2/c1-2-38-29(35)24-23(18-10-14-20(31)15-11-18)25(40(36,37)21-6-4-3-5-7-21)26(32)33-27(34)22(39-28(24)33)16-17-8-12-19(30)13-9-17/h3-16,23H,2,32H2,1H3/b22-16-/t23-/m0/s1. The summed E-state index contributed by atoms with van der Waals surface area (Å²) in [7, 11) is -4.30. The van der Waals surface area contributed by atoms with Gasteiger partial charge in [-0.25, -0.2) is 13.2 Å². The van der Waals surface area contributed by atoms with Crippen molar-refractivity contribution in [1.82, 2.24) is 4.57 Å². The molecule has 0 aliphatic carbocycles. The van der Waals surface area contributed by atoms with Crippen molar-refractivity contribution in [2.24, 2.45) is 5.73 Å². The van der Waals surface area contributed by atoms with Gasteiger partial charge in [0.15, 0.2) is 0 Å². The van der Waals surface area contributed by atoms with E-state index in [1.807, 2.05) is 0 Å². The maximum Gasteiger partial charge on any atom is 0.338 e. The van der Waals surface area contributed by atoms with E-state index in [-0.39, 0.29) is 37.0 Å². The first-order chi connectivity index (χ1) is 19.1. The molecule has 7 nitrogen and oxygen atoms in total. The quantitative estimate of drug-likeness (QED) is 0.328. The number of carbonyl (C=O) groups is 1. The average Bonchev–Trinajstić information content (AvgIpc) is 3.26. The molecule has 204 valence electrons. The summed E-state index contributed by atoms with van der Waals surface area (Å²) in [6.07, 6.45) is 1.63. The van der Waals surface area contributed by atoms with Crippen molar-refractivity contribution in [3.63, 3.8) is 0 Å². The van der Waals surface area contributed by atoms with E-state index in [0.29, 0.717) is 21.2 Å². The fraction of sp³-hybridized carbons (Fsp3) is 0.103. The second-order valence-corrected chi connectivity index (χ2v) is 12.6. The van der Waals surface area contributed by atoms with E-state index >= 15 is 0 Å². The van der Waals surface area contributed by atoms with Gasteiger partial charge >= 0.3 is 5.97 Å². The van der Waals surface area contributed by atoms with Crippen LogP contribution >= 0.6 is 34.5 Å². The molecule has 11 heteroatoms. The van der Waals surface area contributed by atoms with Crippen LogP contribution in [0.15, 0.2) is 93.5 Å². The first-order valence-electron chi connectivity index (χ1n) is 12.1. The summed E-state index contributed by atoms with van der Waals surface area (Å²) in [4.78, 5) is 27.0. The fourth-order valence-electron chi connectivity index (χ4n) is 4.51. The molecule has 0 amide bonds. The number of aromatic nitrogens is 1. The van der Waals surface area contributed by atoms with E-state index < -0.39 is 27.3 Å². The van der Waals surface area contributed by atoms with Crippen molar-refractivity contribution >= 4 is 67.8 Å². The molecular formula is C29H22Cl2N2O5S2. The van der Waals surface area contributed by atoms with Crippen LogP contribution in [0.25, 0.3) is 17.5 Å². The van der Waals surface area contributed by atoms with Crippen molar-refractivity contribution in [2.75, 3.05) is 6.61 Å². The number of ether oxygens (including phenoxy) is 1. The number of halogens is 2. The number of sulfone groups is 1. The Morgan fingerprint density at radius 2 is 1.60 bits per heavy atom. The lowest BCUT2D eigenvalue weighted by Crippen LogP contribution is -2.41. The maximum atomic E-state index is 14.2. The highest BCUT2D eigenvalue weighted by Crippen LogP contribution is 2.42. The number of hydrogen-bond acceptors (Lipinski definition) is 7. The van der Waals surface area contributed by atoms with Crippen molar-refractivity contribution in [2.45, 2.75) is 17.7 Å². The molecule has 0 fully saturated rings. The molecule has 0 saturated heterocycles. The fourth-order valence-corrected chi connectivity index (χ4v) is 7.63. The Bertz CT molecular complexity index is 1930. The Kier molecular flexibility index (Phi) is 7.74. The monoisotopic (exact) mass is 612 g/mol. The number of thiazole rings is 1. The molecule has 40 heavy (non-hydrogen) atoms. The molecule has 0 bridgehead atoms. The smallest absolute Gasteiger partial charge is 0.338 e. The van der Waals surface area contributed by atoms with Gasteiger partial charge in [-0.05, 0) is 60.5 Å². The highest BCUT2D eigenvalue weighted by molar-refractivity contribution is 7.95. The topological polar surface area (TPSA) is 108 Å². The molecule has 2 N–H and O–H groups in total. The van der Waals surface area contributed by atoms with Crippen LogP contribution in [0.3, 0.4) is 0 Å². The number of carbonyl (C=O) groups excluding carboxylic acids is 1. The van der Waals surface area contributed by atoms with Crippen molar-refractivity contribution < 1.29 is 17.9 Å². The molecule has 1 aliphatic rings. The molecule has 5 rings (SSSR count). The number of nitrogens with two attached hydrogens (primary N) is 1. The van der Waals surface area contributed by atoms with Gasteiger partial charge in [0.05, 0.1) is 27.5 Å². The molecular weight excluding hydrogens is 591 g/mol. The van der Waals surface area contributed by atoms with Crippen LogP contribution in [0, 0.1) is 0 Å². The molecule has 1 aromatic heterocycles. The molecule has 0 unspecified atom stereocenters. The Morgan fingerprint density at radius 3 is 2.20 bits per heavy atom. The minimum Gasteiger partial charge on any atom is -0.463 e. The molecule has 1 atom stereocenters. The van der Waals surface area contributed by atoms with E-state index in [4.69, 9.17) is 33.7 Å². The van der Waals surface area contributed by atoms with Gasteiger partial charge in [0, 0.05) is 10.0 Å². The number of benzene rings is 3. The van der Waals surface area contributed by atoms with Crippen LogP contribution in [-0.2, 0) is 19.4 Å². The lowest BCUT2D eigenvalue weighted by molar-refractivity contribution is -0.136. The zero-order valence-corrected chi connectivity index (χ0v) is 24.2. The highest BCUT2D eigenvalue weighted by atomic mass is 35.5. The second-order valence-electron chi connectivity index (χ2n) is 8.79. The number of fused-ring (bicyclic) bond motifs is 1. The van der Waals surface area contributed by atoms with E-state index in [9.17, 15) is 18.0 Å². The van der Waals surface area contributed by atoms with Crippen molar-refractivity contribution in [3.05, 3.63) is 124 Å². The molecule has 3 aromatic carbocycles. The predicted molar refractivity (Wildman–Crippen MR) is 158 cm³/mol. The summed E-state index contributed by atoms with van der Waals surface area (Å²) in [6.45, 7) is 1.68. The van der Waals surface area contributed by atoms with Gasteiger partial charge in [0.25, 0.3) is 5.56 Å². The predicted octanol–water partition coefficient (Wildman–Crippen LogP) is 4.12. The maximum absolute atomic E-state index is 14.2. The Balaban J connectivity index is 1.92. The average molecular weight is 614 g/mol. The van der Waals surface area contributed by atoms with E-state index in [2.05, 4.69) is 0 Å². The van der Waals surface area contributed by atoms with Gasteiger partial charge in [0.1, 0.15) is 15.4 Å². The zero-order valence-electron chi connectivity index (χ0n) is 21.0. The molecule has 0 radical (unpaired) electrons. The molecule has 4 aromatic rings. The number of allylic oxidation sites excluding steroid dienone is 1. The first kappa shape index (κ1) is 27.9. The van der Waals surface area contributed by atoms with Gasteiger partial charge < -0.3 is 10.5 Å². The summed E-state index contributed by atoms with van der Waals surface area (Å²) in [6, 6.07) is 21.0. The van der Waals surface area contributed by atoms with Gasteiger partial charge in [-0.15, -0.1) is 11.3 Å². The van der Waals surface area contributed by atoms with E-state index in [0.717, 1.165) is 15.9 Å². The van der Waals surface area contributed by atoms with E-state index in [1.54, 1.807) is 79.7 Å². The normalized spacial score (nSPS) is 15.7. The minimum atomic E-state index is -4.30. The lowest BCUT2D eigenvalue weighted by atomic mass is 9.89. The molecule has 2 heterocycles. The third kappa shape index (κ3) is 5.01. The Hall–Kier alpha value is -3.63. The molecule has 0 saturated carbocycles. The highest BCUT2D eigenvalue weighted by Gasteiger charge is 2.42. The first-order valence-corrected chi connectivity index (χ1v) is 15.1.